The molecule has 2 aromatic carbocycles. The predicted molar refractivity (Wildman–Crippen MR) is 123 cm³/mol. The highest BCUT2D eigenvalue weighted by Gasteiger charge is 2.26. The summed E-state index contributed by atoms with van der Waals surface area (Å²) in [6.45, 7) is 5.96. The molecular formula is C25H26FN5O. The first-order valence-corrected chi connectivity index (χ1v) is 10.8. The topological polar surface area (TPSA) is 48.1 Å². The van der Waals surface area contributed by atoms with Crippen molar-refractivity contribution >= 4 is 5.82 Å². The quantitative estimate of drug-likeness (QED) is 0.438. The highest BCUT2D eigenvalue weighted by Crippen LogP contribution is 2.36. The van der Waals surface area contributed by atoms with E-state index in [0.29, 0.717) is 0 Å². The van der Waals surface area contributed by atoms with E-state index >= 15 is 0 Å². The first-order chi connectivity index (χ1) is 15.5. The van der Waals surface area contributed by atoms with Crippen molar-refractivity contribution in [3.8, 4) is 22.8 Å². The van der Waals surface area contributed by atoms with Gasteiger partial charge in [-0.2, -0.15) is 0 Å². The van der Waals surface area contributed by atoms with Crippen molar-refractivity contribution in [3.05, 3.63) is 78.3 Å². The molecule has 7 heteroatoms. The summed E-state index contributed by atoms with van der Waals surface area (Å²) in [6, 6.07) is 13.0. The lowest BCUT2D eigenvalue weighted by Gasteiger charge is -2.35. The van der Waals surface area contributed by atoms with E-state index in [9.17, 15) is 4.39 Å². The fourth-order valence-corrected chi connectivity index (χ4v) is 4.46. The van der Waals surface area contributed by atoms with Gasteiger partial charge in [-0.1, -0.05) is 12.1 Å². The largest absolute Gasteiger partial charge is 0.495 e. The van der Waals surface area contributed by atoms with E-state index in [0.717, 1.165) is 59.4 Å². The summed E-state index contributed by atoms with van der Waals surface area (Å²) in [5.41, 5.74) is 3.98. The van der Waals surface area contributed by atoms with Crippen LogP contribution in [-0.2, 0) is 6.54 Å². The van der Waals surface area contributed by atoms with Crippen LogP contribution in [0.15, 0.2) is 61.2 Å². The maximum absolute atomic E-state index is 13.4. The van der Waals surface area contributed by atoms with Crippen LogP contribution in [0.25, 0.3) is 17.1 Å². The second-order valence-electron chi connectivity index (χ2n) is 8.18. The minimum Gasteiger partial charge on any atom is -0.495 e. The number of hydrogen-bond donors (Lipinski definition) is 0. The maximum Gasteiger partial charge on any atom is 0.143 e. The van der Waals surface area contributed by atoms with Gasteiger partial charge in [0.1, 0.15) is 23.2 Å². The van der Waals surface area contributed by atoms with Gasteiger partial charge in [-0.05, 0) is 56.2 Å². The molecule has 0 N–H and O–H groups in total. The minimum absolute atomic E-state index is 0.126. The van der Waals surface area contributed by atoms with Gasteiger partial charge in [-0.3, -0.25) is 0 Å². The molecule has 32 heavy (non-hydrogen) atoms. The lowest BCUT2D eigenvalue weighted by molar-refractivity contribution is 0.413. The first kappa shape index (κ1) is 20.3. The molecule has 0 aliphatic carbocycles. The summed E-state index contributed by atoms with van der Waals surface area (Å²) in [5, 5.41) is 0. The highest BCUT2D eigenvalue weighted by molar-refractivity contribution is 5.66. The molecule has 0 fully saturated rings. The molecule has 0 bridgehead atoms. The van der Waals surface area contributed by atoms with Crippen LogP contribution in [0.3, 0.4) is 0 Å². The van der Waals surface area contributed by atoms with Gasteiger partial charge in [0.25, 0.3) is 0 Å². The van der Waals surface area contributed by atoms with Gasteiger partial charge in [0.05, 0.1) is 37.1 Å². The monoisotopic (exact) mass is 431 g/mol. The van der Waals surface area contributed by atoms with Gasteiger partial charge in [-0.25, -0.2) is 14.4 Å². The normalized spacial score (nSPS) is 14.3. The third-order valence-electron chi connectivity index (χ3n) is 6.16. The Bertz CT molecular complexity index is 1240. The number of ether oxygens (including phenoxy) is 1. The van der Waals surface area contributed by atoms with Crippen LogP contribution in [0, 0.1) is 12.7 Å². The number of halogens is 1. The van der Waals surface area contributed by atoms with Crippen LogP contribution < -0.4 is 9.64 Å². The van der Waals surface area contributed by atoms with E-state index in [1.54, 1.807) is 13.4 Å². The molecule has 6 nitrogen and oxygen atoms in total. The molecule has 2 aromatic heterocycles. The van der Waals surface area contributed by atoms with Gasteiger partial charge >= 0.3 is 0 Å². The number of benzene rings is 2. The van der Waals surface area contributed by atoms with Crippen LogP contribution in [0.5, 0.6) is 5.75 Å². The molecule has 5 rings (SSSR count). The summed E-state index contributed by atoms with van der Waals surface area (Å²) in [7, 11) is 1.68. The fraction of sp³-hybridized carbons (Fsp3) is 0.280. The molecule has 0 spiro atoms. The summed E-state index contributed by atoms with van der Waals surface area (Å²) < 4.78 is 23.3. The first-order valence-electron chi connectivity index (χ1n) is 10.8. The second-order valence-corrected chi connectivity index (χ2v) is 8.18. The molecule has 164 valence electrons. The third kappa shape index (κ3) is 3.53. The molecule has 1 atom stereocenters. The summed E-state index contributed by atoms with van der Waals surface area (Å²) in [4.78, 5) is 11.4. The summed E-state index contributed by atoms with van der Waals surface area (Å²) >= 11 is 0. The Morgan fingerprint density at radius 1 is 1.06 bits per heavy atom. The molecule has 1 aliphatic rings. The van der Waals surface area contributed by atoms with Crippen molar-refractivity contribution in [2.75, 3.05) is 18.6 Å². The number of nitrogens with zero attached hydrogens (tertiary/aromatic N) is 5. The van der Waals surface area contributed by atoms with Gasteiger partial charge in [-0.15, -0.1) is 0 Å². The molecule has 0 saturated heterocycles. The minimum atomic E-state index is -0.213. The molecule has 0 amide bonds. The number of hydrogen-bond acceptors (Lipinski definition) is 4. The fourth-order valence-electron chi connectivity index (χ4n) is 4.46. The Morgan fingerprint density at radius 2 is 1.88 bits per heavy atom. The van der Waals surface area contributed by atoms with E-state index in [1.807, 2.05) is 48.1 Å². The zero-order valence-corrected chi connectivity index (χ0v) is 18.5. The average Bonchev–Trinajstić information content (AvgIpc) is 3.45. The second kappa shape index (κ2) is 8.15. The van der Waals surface area contributed by atoms with Crippen molar-refractivity contribution in [1.29, 1.82) is 0 Å². The van der Waals surface area contributed by atoms with Crippen LogP contribution in [0.1, 0.15) is 30.6 Å². The van der Waals surface area contributed by atoms with E-state index < -0.39 is 0 Å². The number of aromatic nitrogens is 4. The zero-order valence-electron chi connectivity index (χ0n) is 18.5. The molecule has 0 radical (unpaired) electrons. The maximum atomic E-state index is 13.4. The number of aryl methyl sites for hydroxylation is 1. The van der Waals surface area contributed by atoms with Crippen LogP contribution in [-0.4, -0.2) is 32.8 Å². The van der Waals surface area contributed by atoms with Gasteiger partial charge in [0, 0.05) is 24.8 Å². The van der Waals surface area contributed by atoms with Gasteiger partial charge in [0.2, 0.25) is 0 Å². The van der Waals surface area contributed by atoms with Crippen molar-refractivity contribution in [2.45, 2.75) is 32.9 Å². The Labute approximate surface area is 186 Å². The highest BCUT2D eigenvalue weighted by atomic mass is 19.1. The molecule has 1 aliphatic heterocycles. The smallest absolute Gasteiger partial charge is 0.143 e. The number of methoxy groups -OCH3 is 1. The Morgan fingerprint density at radius 3 is 2.59 bits per heavy atom. The van der Waals surface area contributed by atoms with Crippen LogP contribution >= 0.6 is 0 Å². The number of anilines is 1. The van der Waals surface area contributed by atoms with Crippen molar-refractivity contribution < 1.29 is 9.13 Å². The molecular weight excluding hydrogens is 405 g/mol. The van der Waals surface area contributed by atoms with E-state index in [2.05, 4.69) is 27.4 Å². The van der Waals surface area contributed by atoms with E-state index in [4.69, 9.17) is 9.72 Å². The molecule has 4 aromatic rings. The number of imidazole rings is 2. The average molecular weight is 432 g/mol. The Hall–Kier alpha value is -3.61. The van der Waals surface area contributed by atoms with Crippen LogP contribution in [0.2, 0.25) is 0 Å². The standard InChI is InChI=1S/C25H26FN5O/c1-17-15-29(16-28-17)22-10-7-20(13-23(22)32-3)25-27-14-24-30(11-4-12-31(24)25)18(2)19-5-8-21(26)9-6-19/h5-10,13-16,18H,4,11-12H2,1-3H3. The van der Waals surface area contributed by atoms with E-state index in [-0.39, 0.29) is 11.9 Å². The van der Waals surface area contributed by atoms with Gasteiger partial charge in [0.15, 0.2) is 0 Å². The summed E-state index contributed by atoms with van der Waals surface area (Å²) in [5.74, 6) is 2.55. The molecule has 1 unspecified atom stereocenters. The Kier molecular flexibility index (Phi) is 5.17. The predicted octanol–water partition coefficient (Wildman–Crippen LogP) is 5.16. The summed E-state index contributed by atoms with van der Waals surface area (Å²) in [6.07, 6.45) is 6.72. The molecule has 0 saturated carbocycles. The number of fused-ring (bicyclic) bond motifs is 1. The van der Waals surface area contributed by atoms with E-state index in [1.165, 1.54) is 12.1 Å². The zero-order chi connectivity index (χ0) is 22.2. The van der Waals surface area contributed by atoms with Crippen LogP contribution in [0.4, 0.5) is 10.2 Å². The lowest BCUT2D eigenvalue weighted by Crippen LogP contribution is -2.34. The van der Waals surface area contributed by atoms with Crippen molar-refractivity contribution in [1.82, 2.24) is 19.1 Å². The lowest BCUT2D eigenvalue weighted by atomic mass is 10.1. The SMILES string of the molecule is COc1cc(-c2ncc3n2CCCN3C(C)c2ccc(F)cc2)ccc1-n1cnc(C)c1. The molecule has 3 heterocycles. The third-order valence-corrected chi connectivity index (χ3v) is 6.16. The number of rotatable bonds is 5. The Balaban J connectivity index is 1.49. The van der Waals surface area contributed by atoms with Crippen molar-refractivity contribution in [3.63, 3.8) is 0 Å². The van der Waals surface area contributed by atoms with Crippen molar-refractivity contribution in [2.24, 2.45) is 0 Å². The van der Waals surface area contributed by atoms with Gasteiger partial charge < -0.3 is 18.8 Å².